The summed E-state index contributed by atoms with van der Waals surface area (Å²) in [5, 5.41) is 0. The zero-order valence-electron chi connectivity index (χ0n) is 13.4. The number of carbonyl (C=O) groups excluding carboxylic acids is 1. The van der Waals surface area contributed by atoms with Crippen LogP contribution in [0.4, 0.5) is 4.79 Å². The Hall–Kier alpha value is -0.730. The fraction of sp³-hybridized carbons (Fsp3) is 0.938. The molecule has 0 amide bonds. The van der Waals surface area contributed by atoms with E-state index in [0.717, 1.165) is 12.8 Å². The number of carbonyl (C=O) groups is 1. The molecule has 0 aliphatic heterocycles. The molecule has 1 fully saturated rings. The second-order valence-electron chi connectivity index (χ2n) is 7.58. The van der Waals surface area contributed by atoms with Gasteiger partial charge < -0.3 is 9.47 Å². The van der Waals surface area contributed by atoms with Gasteiger partial charge in [-0.3, -0.25) is 0 Å². The van der Waals surface area contributed by atoms with Gasteiger partial charge in [-0.15, -0.1) is 0 Å². The molecule has 3 atom stereocenters. The molecule has 0 radical (unpaired) electrons. The second-order valence-corrected chi connectivity index (χ2v) is 7.58. The van der Waals surface area contributed by atoms with E-state index in [-0.39, 0.29) is 11.5 Å². The van der Waals surface area contributed by atoms with Crippen molar-refractivity contribution in [2.24, 2.45) is 23.2 Å². The summed E-state index contributed by atoms with van der Waals surface area (Å²) in [6, 6.07) is 0. The average Bonchev–Trinajstić information content (AvgIpc) is 2.25. The Kier molecular flexibility index (Phi) is 5.69. The summed E-state index contributed by atoms with van der Waals surface area (Å²) in [6.45, 7) is 13.2. The molecule has 0 bridgehead atoms. The summed E-state index contributed by atoms with van der Waals surface area (Å²) < 4.78 is 10.8. The minimum absolute atomic E-state index is 0.0175. The van der Waals surface area contributed by atoms with Gasteiger partial charge in [-0.1, -0.05) is 48.0 Å². The maximum Gasteiger partial charge on any atom is 0.508 e. The Morgan fingerprint density at radius 1 is 1.26 bits per heavy atom. The first-order valence-electron chi connectivity index (χ1n) is 7.52. The first kappa shape index (κ1) is 16.3. The first-order chi connectivity index (χ1) is 8.69. The van der Waals surface area contributed by atoms with Crippen molar-refractivity contribution >= 4 is 6.16 Å². The van der Waals surface area contributed by atoms with Crippen molar-refractivity contribution in [1.29, 1.82) is 0 Å². The molecule has 0 spiro atoms. The molecule has 1 aliphatic rings. The first-order valence-corrected chi connectivity index (χ1v) is 7.52. The van der Waals surface area contributed by atoms with Gasteiger partial charge in [0.05, 0.1) is 6.61 Å². The van der Waals surface area contributed by atoms with Gasteiger partial charge in [0.25, 0.3) is 0 Å². The van der Waals surface area contributed by atoms with Crippen molar-refractivity contribution in [3.8, 4) is 0 Å². The largest absolute Gasteiger partial charge is 0.508 e. The van der Waals surface area contributed by atoms with Gasteiger partial charge in [0.2, 0.25) is 0 Å². The Labute approximate surface area is 118 Å². The van der Waals surface area contributed by atoms with E-state index in [1.807, 2.05) is 20.8 Å². The van der Waals surface area contributed by atoms with Crippen LogP contribution in [0.2, 0.25) is 0 Å². The molecule has 3 heteroatoms. The minimum atomic E-state index is -0.500. The van der Waals surface area contributed by atoms with Gasteiger partial charge in [-0.05, 0) is 36.0 Å². The van der Waals surface area contributed by atoms with Gasteiger partial charge in [-0.25, -0.2) is 4.79 Å². The normalized spacial score (nSPS) is 28.3. The molecule has 1 aliphatic carbocycles. The molecular formula is C16H30O3. The predicted molar refractivity (Wildman–Crippen MR) is 77.0 cm³/mol. The van der Waals surface area contributed by atoms with Crippen LogP contribution >= 0.6 is 0 Å². The van der Waals surface area contributed by atoms with Crippen molar-refractivity contribution < 1.29 is 14.3 Å². The molecule has 3 nitrogen and oxygen atoms in total. The highest BCUT2D eigenvalue weighted by molar-refractivity contribution is 5.60. The van der Waals surface area contributed by atoms with Gasteiger partial charge in [0.15, 0.2) is 0 Å². The van der Waals surface area contributed by atoms with Crippen LogP contribution in [0.25, 0.3) is 0 Å². The SMILES string of the molecule is CC(C)[C@@H]1CC[C@@H](C)C[C@H]1OC(=O)OCC(C)(C)C. The fourth-order valence-corrected chi connectivity index (χ4v) is 2.68. The molecule has 0 unspecified atom stereocenters. The second kappa shape index (κ2) is 6.62. The fourth-order valence-electron chi connectivity index (χ4n) is 2.68. The van der Waals surface area contributed by atoms with Crippen LogP contribution < -0.4 is 0 Å². The predicted octanol–water partition coefficient (Wildman–Crippen LogP) is 4.65. The number of rotatable bonds is 3. The summed E-state index contributed by atoms with van der Waals surface area (Å²) in [4.78, 5) is 11.8. The average molecular weight is 270 g/mol. The van der Waals surface area contributed by atoms with Gasteiger partial charge >= 0.3 is 6.16 Å². The molecule has 0 heterocycles. The molecule has 112 valence electrons. The number of hydrogen-bond acceptors (Lipinski definition) is 3. The lowest BCUT2D eigenvalue weighted by Crippen LogP contribution is -2.36. The monoisotopic (exact) mass is 270 g/mol. The van der Waals surface area contributed by atoms with Crippen LogP contribution in [0.5, 0.6) is 0 Å². The van der Waals surface area contributed by atoms with Crippen molar-refractivity contribution in [2.45, 2.75) is 66.9 Å². The Bertz CT molecular complexity index is 291. The van der Waals surface area contributed by atoms with E-state index in [9.17, 15) is 4.79 Å². The lowest BCUT2D eigenvalue weighted by molar-refractivity contribution is -0.0396. The third kappa shape index (κ3) is 5.84. The maximum absolute atomic E-state index is 11.8. The highest BCUT2D eigenvalue weighted by atomic mass is 16.7. The van der Waals surface area contributed by atoms with Crippen molar-refractivity contribution in [3.05, 3.63) is 0 Å². The standard InChI is InChI=1S/C16H30O3/c1-11(2)13-8-7-12(3)9-14(13)19-15(17)18-10-16(4,5)6/h11-14H,7-10H2,1-6H3/t12-,13+,14-/m1/s1. The highest BCUT2D eigenvalue weighted by Gasteiger charge is 2.34. The third-order valence-electron chi connectivity index (χ3n) is 3.83. The Morgan fingerprint density at radius 3 is 2.42 bits per heavy atom. The lowest BCUT2D eigenvalue weighted by Gasteiger charge is -2.36. The zero-order chi connectivity index (χ0) is 14.6. The summed E-state index contributed by atoms with van der Waals surface area (Å²) in [5.74, 6) is 1.65. The molecule has 1 saturated carbocycles. The number of ether oxygens (including phenoxy) is 2. The van der Waals surface area contributed by atoms with E-state index < -0.39 is 6.16 Å². The third-order valence-corrected chi connectivity index (χ3v) is 3.83. The molecule has 19 heavy (non-hydrogen) atoms. The Balaban J connectivity index is 2.49. The van der Waals surface area contributed by atoms with E-state index in [0.29, 0.717) is 24.4 Å². The van der Waals surface area contributed by atoms with Gasteiger partial charge in [0.1, 0.15) is 6.10 Å². The Morgan fingerprint density at radius 2 is 1.89 bits per heavy atom. The van der Waals surface area contributed by atoms with Crippen LogP contribution in [0.15, 0.2) is 0 Å². The highest BCUT2D eigenvalue weighted by Crippen LogP contribution is 2.35. The van der Waals surface area contributed by atoms with E-state index in [2.05, 4.69) is 20.8 Å². The molecule has 0 aromatic heterocycles. The molecule has 1 rings (SSSR count). The van der Waals surface area contributed by atoms with Crippen LogP contribution in [0.1, 0.15) is 60.8 Å². The topological polar surface area (TPSA) is 35.5 Å². The van der Waals surface area contributed by atoms with Crippen molar-refractivity contribution in [2.75, 3.05) is 6.61 Å². The van der Waals surface area contributed by atoms with Crippen molar-refractivity contribution in [1.82, 2.24) is 0 Å². The molecule has 0 aromatic carbocycles. The minimum Gasteiger partial charge on any atom is -0.434 e. The zero-order valence-corrected chi connectivity index (χ0v) is 13.4. The molecule has 0 saturated heterocycles. The smallest absolute Gasteiger partial charge is 0.434 e. The van der Waals surface area contributed by atoms with Gasteiger partial charge in [0, 0.05) is 0 Å². The van der Waals surface area contributed by atoms with Crippen LogP contribution in [-0.2, 0) is 9.47 Å². The van der Waals surface area contributed by atoms with E-state index >= 15 is 0 Å². The van der Waals surface area contributed by atoms with Crippen LogP contribution in [-0.4, -0.2) is 18.9 Å². The summed E-state index contributed by atoms with van der Waals surface area (Å²) in [6.07, 6.45) is 2.87. The summed E-state index contributed by atoms with van der Waals surface area (Å²) in [5.41, 5.74) is -0.0175. The quantitative estimate of drug-likeness (QED) is 0.700. The van der Waals surface area contributed by atoms with Crippen molar-refractivity contribution in [3.63, 3.8) is 0 Å². The van der Waals surface area contributed by atoms with Crippen LogP contribution in [0.3, 0.4) is 0 Å². The molecular weight excluding hydrogens is 240 g/mol. The van der Waals surface area contributed by atoms with E-state index in [1.165, 1.54) is 6.42 Å². The van der Waals surface area contributed by atoms with E-state index in [1.54, 1.807) is 0 Å². The maximum atomic E-state index is 11.8. The molecule has 0 aromatic rings. The van der Waals surface area contributed by atoms with Gasteiger partial charge in [-0.2, -0.15) is 0 Å². The molecule has 0 N–H and O–H groups in total. The van der Waals surface area contributed by atoms with E-state index in [4.69, 9.17) is 9.47 Å². The number of hydrogen-bond donors (Lipinski definition) is 0. The lowest BCUT2D eigenvalue weighted by atomic mass is 9.75. The summed E-state index contributed by atoms with van der Waals surface area (Å²) in [7, 11) is 0. The summed E-state index contributed by atoms with van der Waals surface area (Å²) >= 11 is 0. The van der Waals surface area contributed by atoms with Crippen LogP contribution in [0, 0.1) is 23.2 Å².